The Morgan fingerprint density at radius 2 is 1.22 bits per heavy atom. The minimum atomic E-state index is 0.814. The number of nitrogens with zero attached hydrogens (tertiary/aromatic N) is 3. The molecule has 0 radical (unpaired) electrons. The van der Waals surface area contributed by atoms with E-state index in [1.807, 2.05) is 6.20 Å². The number of rotatable bonds is 8. The van der Waals surface area contributed by atoms with Gasteiger partial charge >= 0.3 is 0 Å². The number of anilines is 3. The molecule has 2 aromatic rings. The standard InChI is InChI=1S/C22H30N4O/c1-5-24(6-2)19-11-9-18(10-12-19)22-17-23-26(27-22)21-15-13-20(14-16-21)25(7-3)8-4/h9-17,23H,5-8H2,1-4H3. The first-order chi connectivity index (χ1) is 13.2. The summed E-state index contributed by atoms with van der Waals surface area (Å²) >= 11 is 0. The third kappa shape index (κ3) is 4.13. The maximum Gasteiger partial charge on any atom is 0.182 e. The van der Waals surface area contributed by atoms with Crippen molar-refractivity contribution in [3.63, 3.8) is 0 Å². The second-order valence-corrected chi connectivity index (χ2v) is 6.43. The van der Waals surface area contributed by atoms with E-state index in [0.717, 1.165) is 43.2 Å². The van der Waals surface area contributed by atoms with Crippen molar-refractivity contribution in [2.75, 3.05) is 41.2 Å². The molecule has 0 bridgehead atoms. The van der Waals surface area contributed by atoms with E-state index in [-0.39, 0.29) is 0 Å². The summed E-state index contributed by atoms with van der Waals surface area (Å²) in [6, 6.07) is 16.9. The molecule has 1 N–H and O–H groups in total. The van der Waals surface area contributed by atoms with Gasteiger partial charge in [-0.25, -0.2) is 0 Å². The average Bonchev–Trinajstić information content (AvgIpc) is 3.21. The molecule has 0 atom stereocenters. The second-order valence-electron chi connectivity index (χ2n) is 6.43. The van der Waals surface area contributed by atoms with Gasteiger partial charge in [0.25, 0.3) is 0 Å². The average molecular weight is 367 g/mol. The van der Waals surface area contributed by atoms with Gasteiger partial charge in [-0.2, -0.15) is 0 Å². The molecule has 2 aromatic carbocycles. The lowest BCUT2D eigenvalue weighted by Crippen LogP contribution is -2.28. The lowest BCUT2D eigenvalue weighted by atomic mass is 10.1. The first-order valence-corrected chi connectivity index (χ1v) is 9.84. The Kier molecular flexibility index (Phi) is 6.12. The smallest absolute Gasteiger partial charge is 0.182 e. The van der Waals surface area contributed by atoms with Gasteiger partial charge in [0.05, 0.1) is 11.9 Å². The maximum atomic E-state index is 6.00. The zero-order chi connectivity index (χ0) is 19.2. The highest BCUT2D eigenvalue weighted by Gasteiger charge is 2.18. The number of hydrazine groups is 1. The third-order valence-electron chi connectivity index (χ3n) is 5.00. The summed E-state index contributed by atoms with van der Waals surface area (Å²) < 4.78 is 0. The quantitative estimate of drug-likeness (QED) is 0.736. The molecule has 5 nitrogen and oxygen atoms in total. The summed E-state index contributed by atoms with van der Waals surface area (Å²) in [4.78, 5) is 10.6. The number of hydrogen-bond acceptors (Lipinski definition) is 5. The summed E-state index contributed by atoms with van der Waals surface area (Å²) in [5.41, 5.74) is 7.67. The van der Waals surface area contributed by atoms with Gasteiger partial charge in [-0.15, -0.1) is 5.17 Å². The van der Waals surface area contributed by atoms with E-state index >= 15 is 0 Å². The van der Waals surface area contributed by atoms with Gasteiger partial charge in [-0.3, -0.25) is 5.43 Å². The zero-order valence-corrected chi connectivity index (χ0v) is 16.8. The van der Waals surface area contributed by atoms with Gasteiger partial charge in [0, 0.05) is 43.1 Å². The highest BCUT2D eigenvalue weighted by atomic mass is 16.7. The van der Waals surface area contributed by atoms with E-state index in [1.54, 1.807) is 5.17 Å². The molecule has 0 aromatic heterocycles. The minimum Gasteiger partial charge on any atom is -0.372 e. The van der Waals surface area contributed by atoms with E-state index in [1.165, 1.54) is 11.4 Å². The lowest BCUT2D eigenvalue weighted by molar-refractivity contribution is 0.243. The van der Waals surface area contributed by atoms with Gasteiger partial charge in [-0.05, 0) is 76.2 Å². The Bertz CT molecular complexity index is 747. The molecule has 27 heavy (non-hydrogen) atoms. The van der Waals surface area contributed by atoms with Crippen LogP contribution in [0.1, 0.15) is 33.3 Å². The molecule has 0 unspecified atom stereocenters. The van der Waals surface area contributed by atoms with Crippen LogP contribution in [0.25, 0.3) is 5.76 Å². The van der Waals surface area contributed by atoms with E-state index in [9.17, 15) is 0 Å². The molecule has 0 spiro atoms. The fourth-order valence-electron chi connectivity index (χ4n) is 3.34. The van der Waals surface area contributed by atoms with E-state index < -0.39 is 0 Å². The Morgan fingerprint density at radius 3 is 1.70 bits per heavy atom. The molecule has 1 aliphatic rings. The van der Waals surface area contributed by atoms with Crippen molar-refractivity contribution in [2.24, 2.45) is 0 Å². The molecule has 5 heteroatoms. The molecule has 1 aliphatic heterocycles. The van der Waals surface area contributed by atoms with E-state index in [2.05, 4.69) is 91.5 Å². The third-order valence-corrected chi connectivity index (χ3v) is 5.00. The van der Waals surface area contributed by atoms with Crippen molar-refractivity contribution in [3.05, 3.63) is 60.3 Å². The number of benzene rings is 2. The van der Waals surface area contributed by atoms with Crippen LogP contribution in [-0.2, 0) is 4.84 Å². The van der Waals surface area contributed by atoms with Gasteiger partial charge in [0.2, 0.25) is 0 Å². The van der Waals surface area contributed by atoms with E-state index in [0.29, 0.717) is 0 Å². The SMILES string of the molecule is CCN(CC)c1ccc(C2=CNN(c3ccc(N(CC)CC)cc3)O2)cc1. The molecular weight excluding hydrogens is 336 g/mol. The Labute approximate surface area is 162 Å². The van der Waals surface area contributed by atoms with Crippen LogP contribution in [0, 0.1) is 0 Å². The van der Waals surface area contributed by atoms with Crippen LogP contribution in [0.4, 0.5) is 17.1 Å². The summed E-state index contributed by atoms with van der Waals surface area (Å²) in [7, 11) is 0. The van der Waals surface area contributed by atoms with E-state index in [4.69, 9.17) is 4.84 Å². The molecule has 0 fully saturated rings. The highest BCUT2D eigenvalue weighted by Crippen LogP contribution is 2.28. The maximum absolute atomic E-state index is 6.00. The topological polar surface area (TPSA) is 31.0 Å². The Morgan fingerprint density at radius 1 is 0.741 bits per heavy atom. The Balaban J connectivity index is 1.66. The predicted octanol–water partition coefficient (Wildman–Crippen LogP) is 4.63. The Hall–Kier alpha value is -2.82. The molecule has 0 saturated heterocycles. The molecular formula is C22H30N4O. The van der Waals surface area contributed by atoms with Crippen LogP contribution < -0.4 is 20.4 Å². The van der Waals surface area contributed by atoms with Crippen LogP contribution in [0.3, 0.4) is 0 Å². The van der Waals surface area contributed by atoms with Crippen LogP contribution in [0.5, 0.6) is 0 Å². The largest absolute Gasteiger partial charge is 0.372 e. The number of hydrogen-bond donors (Lipinski definition) is 1. The van der Waals surface area contributed by atoms with Gasteiger partial charge in [-0.1, -0.05) is 0 Å². The van der Waals surface area contributed by atoms with Crippen LogP contribution in [0.15, 0.2) is 54.7 Å². The minimum absolute atomic E-state index is 0.814. The van der Waals surface area contributed by atoms with Gasteiger partial charge < -0.3 is 14.6 Å². The highest BCUT2D eigenvalue weighted by molar-refractivity contribution is 5.66. The normalized spacial score (nSPS) is 13.0. The fraction of sp³-hybridized carbons (Fsp3) is 0.364. The molecule has 0 saturated carbocycles. The zero-order valence-electron chi connectivity index (χ0n) is 16.8. The van der Waals surface area contributed by atoms with Crippen molar-refractivity contribution in [1.82, 2.24) is 5.43 Å². The molecule has 0 aliphatic carbocycles. The van der Waals surface area contributed by atoms with Crippen molar-refractivity contribution < 1.29 is 4.84 Å². The first kappa shape index (κ1) is 19.0. The predicted molar refractivity (Wildman–Crippen MR) is 115 cm³/mol. The second kappa shape index (κ2) is 8.71. The van der Waals surface area contributed by atoms with Crippen LogP contribution in [-0.4, -0.2) is 26.2 Å². The van der Waals surface area contributed by atoms with Crippen molar-refractivity contribution in [3.8, 4) is 0 Å². The van der Waals surface area contributed by atoms with Crippen LogP contribution in [0.2, 0.25) is 0 Å². The van der Waals surface area contributed by atoms with Crippen molar-refractivity contribution in [1.29, 1.82) is 0 Å². The molecule has 1 heterocycles. The summed E-state index contributed by atoms with van der Waals surface area (Å²) in [5.74, 6) is 0.814. The summed E-state index contributed by atoms with van der Waals surface area (Å²) in [6.45, 7) is 12.7. The van der Waals surface area contributed by atoms with Crippen LogP contribution >= 0.6 is 0 Å². The summed E-state index contributed by atoms with van der Waals surface area (Å²) in [5, 5.41) is 1.69. The molecule has 3 rings (SSSR count). The molecule has 0 amide bonds. The molecule has 144 valence electrons. The lowest BCUT2D eigenvalue weighted by Gasteiger charge is -2.23. The monoisotopic (exact) mass is 366 g/mol. The number of nitrogens with one attached hydrogen (secondary N) is 1. The van der Waals surface area contributed by atoms with Crippen molar-refractivity contribution >= 4 is 22.8 Å². The van der Waals surface area contributed by atoms with Gasteiger partial charge in [0.15, 0.2) is 5.76 Å². The van der Waals surface area contributed by atoms with Crippen molar-refractivity contribution in [2.45, 2.75) is 27.7 Å². The fourth-order valence-corrected chi connectivity index (χ4v) is 3.34. The first-order valence-electron chi connectivity index (χ1n) is 9.84. The van der Waals surface area contributed by atoms with Gasteiger partial charge in [0.1, 0.15) is 0 Å². The summed E-state index contributed by atoms with van der Waals surface area (Å²) in [6.07, 6.45) is 1.89.